The second-order valence-corrected chi connectivity index (χ2v) is 8.87. The predicted octanol–water partition coefficient (Wildman–Crippen LogP) is 8.24. The maximum absolute atomic E-state index is 12.0. The van der Waals surface area contributed by atoms with Crippen LogP contribution in [0.1, 0.15) is 136 Å². The van der Waals surface area contributed by atoms with Crippen LogP contribution in [0.15, 0.2) is 12.2 Å². The number of carbonyl (C=O) groups is 2. The molecular formula is C27H50O4. The number of carbonyl (C=O) groups excluding carboxylic acids is 1. The van der Waals surface area contributed by atoms with Gasteiger partial charge in [-0.15, -0.1) is 0 Å². The lowest BCUT2D eigenvalue weighted by Gasteiger charge is -2.13. The molecule has 0 aromatic rings. The van der Waals surface area contributed by atoms with E-state index in [0.29, 0.717) is 13.0 Å². The van der Waals surface area contributed by atoms with Crippen LogP contribution in [0.5, 0.6) is 0 Å². The SMILES string of the molecule is CC/C=C/CCCCCCCCCCCCCCCCC(CC(=O)O)C(=O)OCCC. The van der Waals surface area contributed by atoms with E-state index < -0.39 is 11.9 Å². The molecule has 0 heterocycles. The van der Waals surface area contributed by atoms with Crippen molar-refractivity contribution in [3.05, 3.63) is 12.2 Å². The summed E-state index contributed by atoms with van der Waals surface area (Å²) in [5.74, 6) is -1.74. The predicted molar refractivity (Wildman–Crippen MR) is 130 cm³/mol. The number of carboxylic acids is 1. The van der Waals surface area contributed by atoms with E-state index in [1.807, 2.05) is 6.92 Å². The highest BCUT2D eigenvalue weighted by Crippen LogP contribution is 2.18. The topological polar surface area (TPSA) is 63.6 Å². The largest absolute Gasteiger partial charge is 0.481 e. The van der Waals surface area contributed by atoms with Gasteiger partial charge in [-0.1, -0.05) is 109 Å². The molecule has 31 heavy (non-hydrogen) atoms. The number of unbranched alkanes of at least 4 members (excludes halogenated alkanes) is 14. The van der Waals surface area contributed by atoms with E-state index in [-0.39, 0.29) is 12.4 Å². The van der Waals surface area contributed by atoms with Crippen molar-refractivity contribution in [1.82, 2.24) is 0 Å². The van der Waals surface area contributed by atoms with Crippen LogP contribution in [0, 0.1) is 5.92 Å². The van der Waals surface area contributed by atoms with Gasteiger partial charge in [0.1, 0.15) is 0 Å². The Labute approximate surface area is 192 Å². The third kappa shape index (κ3) is 21.7. The fourth-order valence-corrected chi connectivity index (χ4v) is 3.89. The first kappa shape index (κ1) is 29.7. The molecule has 0 aliphatic rings. The summed E-state index contributed by atoms with van der Waals surface area (Å²) in [5, 5.41) is 9.00. The van der Waals surface area contributed by atoms with Crippen LogP contribution in [0.2, 0.25) is 0 Å². The summed E-state index contributed by atoms with van der Waals surface area (Å²) in [6, 6.07) is 0. The number of ether oxygens (including phenoxy) is 1. The fourth-order valence-electron chi connectivity index (χ4n) is 3.89. The Morgan fingerprint density at radius 1 is 0.742 bits per heavy atom. The van der Waals surface area contributed by atoms with Gasteiger partial charge in [-0.25, -0.2) is 0 Å². The van der Waals surface area contributed by atoms with Gasteiger partial charge in [-0.3, -0.25) is 9.59 Å². The first-order chi connectivity index (χ1) is 15.1. The average molecular weight is 439 g/mol. The number of hydrogen-bond donors (Lipinski definition) is 1. The lowest BCUT2D eigenvalue weighted by atomic mass is 9.97. The molecule has 1 unspecified atom stereocenters. The third-order valence-electron chi connectivity index (χ3n) is 5.78. The van der Waals surface area contributed by atoms with E-state index in [0.717, 1.165) is 25.7 Å². The van der Waals surface area contributed by atoms with Crippen molar-refractivity contribution >= 4 is 11.9 Å². The third-order valence-corrected chi connectivity index (χ3v) is 5.78. The molecule has 0 aliphatic heterocycles. The van der Waals surface area contributed by atoms with E-state index in [9.17, 15) is 9.59 Å². The molecule has 0 spiro atoms. The van der Waals surface area contributed by atoms with Gasteiger partial charge in [-0.2, -0.15) is 0 Å². The first-order valence-electron chi connectivity index (χ1n) is 13.1. The molecule has 0 amide bonds. The van der Waals surface area contributed by atoms with Crippen LogP contribution in [-0.2, 0) is 14.3 Å². The zero-order valence-corrected chi connectivity index (χ0v) is 20.5. The monoisotopic (exact) mass is 438 g/mol. The highest BCUT2D eigenvalue weighted by molar-refractivity contribution is 5.79. The maximum atomic E-state index is 12.0. The van der Waals surface area contributed by atoms with Crippen LogP contribution < -0.4 is 0 Å². The molecule has 0 fully saturated rings. The van der Waals surface area contributed by atoms with E-state index in [1.165, 1.54) is 83.5 Å². The van der Waals surface area contributed by atoms with Gasteiger partial charge in [0, 0.05) is 0 Å². The Bertz CT molecular complexity index is 445. The van der Waals surface area contributed by atoms with Crippen molar-refractivity contribution < 1.29 is 19.4 Å². The minimum atomic E-state index is -0.918. The maximum Gasteiger partial charge on any atom is 0.309 e. The van der Waals surface area contributed by atoms with Crippen LogP contribution in [0.25, 0.3) is 0 Å². The molecule has 0 bridgehead atoms. The molecule has 0 radical (unpaired) electrons. The lowest BCUT2D eigenvalue weighted by Crippen LogP contribution is -2.21. The Morgan fingerprint density at radius 3 is 1.68 bits per heavy atom. The number of carboxylic acid groups (broad SMARTS) is 1. The second-order valence-electron chi connectivity index (χ2n) is 8.87. The van der Waals surface area contributed by atoms with Gasteiger partial charge < -0.3 is 9.84 Å². The first-order valence-corrected chi connectivity index (χ1v) is 13.1. The van der Waals surface area contributed by atoms with Crippen LogP contribution in [-0.4, -0.2) is 23.7 Å². The van der Waals surface area contributed by atoms with Crippen molar-refractivity contribution in [2.75, 3.05) is 6.61 Å². The number of aliphatic carboxylic acids is 1. The highest BCUT2D eigenvalue weighted by Gasteiger charge is 2.22. The minimum Gasteiger partial charge on any atom is -0.481 e. The Hall–Kier alpha value is -1.32. The summed E-state index contributed by atoms with van der Waals surface area (Å²) in [6.07, 6.45) is 26.3. The molecule has 1 N–H and O–H groups in total. The van der Waals surface area contributed by atoms with Gasteiger partial charge >= 0.3 is 11.9 Å². The molecule has 0 aromatic carbocycles. The van der Waals surface area contributed by atoms with Crippen molar-refractivity contribution in [2.45, 2.75) is 136 Å². The minimum absolute atomic E-state index is 0.112. The normalized spacial score (nSPS) is 12.3. The summed E-state index contributed by atoms with van der Waals surface area (Å²) in [6.45, 7) is 4.51. The van der Waals surface area contributed by atoms with Crippen molar-refractivity contribution in [2.24, 2.45) is 5.92 Å². The number of rotatable bonds is 23. The van der Waals surface area contributed by atoms with Gasteiger partial charge in [-0.05, 0) is 32.1 Å². The highest BCUT2D eigenvalue weighted by atomic mass is 16.5. The molecule has 0 aliphatic carbocycles. The van der Waals surface area contributed by atoms with Gasteiger partial charge in [0.2, 0.25) is 0 Å². The van der Waals surface area contributed by atoms with E-state index >= 15 is 0 Å². The fraction of sp³-hybridized carbons (Fsp3) is 0.852. The van der Waals surface area contributed by atoms with Crippen LogP contribution in [0.4, 0.5) is 0 Å². The van der Waals surface area contributed by atoms with Gasteiger partial charge in [0.05, 0.1) is 18.9 Å². The molecule has 0 saturated carbocycles. The Morgan fingerprint density at radius 2 is 1.23 bits per heavy atom. The second kappa shape index (κ2) is 23.3. The van der Waals surface area contributed by atoms with Crippen molar-refractivity contribution in [3.63, 3.8) is 0 Å². The molecule has 1 atom stereocenters. The summed E-state index contributed by atoms with van der Waals surface area (Å²) in [4.78, 5) is 22.9. The van der Waals surface area contributed by atoms with Crippen molar-refractivity contribution in [3.8, 4) is 0 Å². The van der Waals surface area contributed by atoms with E-state index in [2.05, 4.69) is 19.1 Å². The van der Waals surface area contributed by atoms with Crippen LogP contribution in [0.3, 0.4) is 0 Å². The molecular weight excluding hydrogens is 388 g/mol. The average Bonchev–Trinajstić information content (AvgIpc) is 2.75. The summed E-state index contributed by atoms with van der Waals surface area (Å²) >= 11 is 0. The summed E-state index contributed by atoms with van der Waals surface area (Å²) in [7, 11) is 0. The Balaban J connectivity index is 3.45. The molecule has 4 nitrogen and oxygen atoms in total. The molecule has 4 heteroatoms. The molecule has 0 aromatic heterocycles. The van der Waals surface area contributed by atoms with E-state index in [1.54, 1.807) is 0 Å². The van der Waals surface area contributed by atoms with E-state index in [4.69, 9.17) is 9.84 Å². The quantitative estimate of drug-likeness (QED) is 0.0991. The number of allylic oxidation sites excluding steroid dienone is 2. The number of esters is 1. The summed E-state index contributed by atoms with van der Waals surface area (Å²) in [5.41, 5.74) is 0. The molecule has 0 saturated heterocycles. The smallest absolute Gasteiger partial charge is 0.309 e. The molecule has 182 valence electrons. The zero-order chi connectivity index (χ0) is 23.0. The zero-order valence-electron chi connectivity index (χ0n) is 20.5. The molecule has 0 rings (SSSR count). The van der Waals surface area contributed by atoms with Crippen LogP contribution >= 0.6 is 0 Å². The number of hydrogen-bond acceptors (Lipinski definition) is 3. The van der Waals surface area contributed by atoms with Crippen molar-refractivity contribution in [1.29, 1.82) is 0 Å². The lowest BCUT2D eigenvalue weighted by molar-refractivity contribution is -0.153. The Kier molecular flexibility index (Phi) is 22.4. The van der Waals surface area contributed by atoms with Gasteiger partial charge in [0.25, 0.3) is 0 Å². The standard InChI is InChI=1S/C27H50O4/c1-3-5-6-7-8-9-10-11-12-13-14-15-16-17-18-19-20-21-22-25(24-26(28)29)27(30)31-23-4-2/h5-6,25H,3-4,7-24H2,1-2H3,(H,28,29)/b6-5+. The summed E-state index contributed by atoms with van der Waals surface area (Å²) < 4.78 is 5.14. The van der Waals surface area contributed by atoms with Gasteiger partial charge in [0.15, 0.2) is 0 Å².